The van der Waals surface area contributed by atoms with Gasteiger partial charge in [0, 0.05) is 32.2 Å². The van der Waals surface area contributed by atoms with Gasteiger partial charge in [0.05, 0.1) is 17.2 Å². The first-order valence-corrected chi connectivity index (χ1v) is 9.43. The number of nitrogens with zero attached hydrogens (tertiary/aromatic N) is 5. The van der Waals surface area contributed by atoms with E-state index in [0.29, 0.717) is 0 Å². The second-order valence-electron chi connectivity index (χ2n) is 6.38. The zero-order chi connectivity index (χ0) is 18.8. The Balaban J connectivity index is 1.48. The number of rotatable bonds is 5. The van der Waals surface area contributed by atoms with Crippen LogP contribution >= 0.6 is 11.3 Å². The molecule has 136 valence electrons. The van der Waals surface area contributed by atoms with Gasteiger partial charge in [-0.3, -0.25) is 5.43 Å². The van der Waals surface area contributed by atoms with E-state index in [4.69, 9.17) is 0 Å². The second-order valence-corrected chi connectivity index (χ2v) is 7.24. The van der Waals surface area contributed by atoms with Crippen molar-refractivity contribution in [2.24, 2.45) is 12.1 Å². The molecule has 0 spiro atoms. The maximum absolute atomic E-state index is 4.68. The molecule has 4 aromatic rings. The molecule has 2 heterocycles. The largest absolute Gasteiger partial charge is 0.378 e. The van der Waals surface area contributed by atoms with Crippen molar-refractivity contribution in [1.82, 2.24) is 14.5 Å². The minimum atomic E-state index is 0.734. The Morgan fingerprint density at radius 3 is 2.59 bits per heavy atom. The molecule has 0 bridgehead atoms. The highest BCUT2D eigenvalue weighted by molar-refractivity contribution is 7.14. The van der Waals surface area contributed by atoms with Crippen molar-refractivity contribution in [2.45, 2.75) is 0 Å². The van der Waals surface area contributed by atoms with Crippen LogP contribution in [0.25, 0.3) is 22.6 Å². The van der Waals surface area contributed by atoms with Crippen LogP contribution in [0.5, 0.6) is 0 Å². The number of hydrogen-bond acceptors (Lipinski definition) is 6. The number of fused-ring (bicyclic) bond motifs is 1. The molecule has 0 saturated heterocycles. The Kier molecular flexibility index (Phi) is 4.60. The molecule has 0 amide bonds. The molecule has 0 radical (unpaired) electrons. The molecule has 1 N–H and O–H groups in total. The zero-order valence-electron chi connectivity index (χ0n) is 15.4. The summed E-state index contributed by atoms with van der Waals surface area (Å²) in [6.07, 6.45) is 1.79. The van der Waals surface area contributed by atoms with E-state index in [1.165, 1.54) is 11.3 Å². The van der Waals surface area contributed by atoms with Crippen molar-refractivity contribution in [2.75, 3.05) is 24.4 Å². The van der Waals surface area contributed by atoms with E-state index in [-0.39, 0.29) is 0 Å². The molecule has 0 aliphatic rings. The maximum Gasteiger partial charge on any atom is 0.203 e. The van der Waals surface area contributed by atoms with Crippen LogP contribution in [0.1, 0.15) is 5.56 Å². The summed E-state index contributed by atoms with van der Waals surface area (Å²) in [7, 11) is 6.05. The van der Waals surface area contributed by atoms with E-state index in [0.717, 1.165) is 38.9 Å². The molecule has 0 aliphatic heterocycles. The maximum atomic E-state index is 4.68. The van der Waals surface area contributed by atoms with Gasteiger partial charge < -0.3 is 9.47 Å². The average Bonchev–Trinajstić information content (AvgIpc) is 3.27. The number of imidazole rings is 1. The van der Waals surface area contributed by atoms with Crippen LogP contribution in [-0.4, -0.2) is 34.8 Å². The van der Waals surface area contributed by atoms with Gasteiger partial charge in [0.25, 0.3) is 0 Å². The van der Waals surface area contributed by atoms with Gasteiger partial charge >= 0.3 is 0 Å². The number of hydrazone groups is 1. The van der Waals surface area contributed by atoms with Crippen LogP contribution in [0.15, 0.2) is 59.0 Å². The topological polar surface area (TPSA) is 58.3 Å². The fourth-order valence-electron chi connectivity index (χ4n) is 2.82. The predicted octanol–water partition coefficient (Wildman–Crippen LogP) is 4.21. The summed E-state index contributed by atoms with van der Waals surface area (Å²) in [6, 6.07) is 16.3. The zero-order valence-corrected chi connectivity index (χ0v) is 16.2. The van der Waals surface area contributed by atoms with Crippen molar-refractivity contribution in [3.05, 3.63) is 59.5 Å². The lowest BCUT2D eigenvalue weighted by Gasteiger charge is -2.11. The van der Waals surface area contributed by atoms with Crippen LogP contribution in [0.3, 0.4) is 0 Å². The van der Waals surface area contributed by atoms with E-state index in [2.05, 4.69) is 48.2 Å². The summed E-state index contributed by atoms with van der Waals surface area (Å²) in [4.78, 5) is 11.4. The molecule has 0 fully saturated rings. The van der Waals surface area contributed by atoms with Crippen molar-refractivity contribution >= 4 is 39.4 Å². The summed E-state index contributed by atoms with van der Waals surface area (Å²) >= 11 is 1.51. The van der Waals surface area contributed by atoms with Gasteiger partial charge in [0.2, 0.25) is 5.13 Å². The van der Waals surface area contributed by atoms with Crippen molar-refractivity contribution in [3.8, 4) is 11.5 Å². The van der Waals surface area contributed by atoms with Crippen molar-refractivity contribution in [1.29, 1.82) is 0 Å². The number of aryl methyl sites for hydroxylation is 1. The molecule has 0 aliphatic carbocycles. The first-order chi connectivity index (χ1) is 13.1. The minimum absolute atomic E-state index is 0.734. The van der Waals surface area contributed by atoms with Crippen LogP contribution in [-0.2, 0) is 7.05 Å². The SMILES string of the molecule is CN(C)c1ccc(/C=N\Nc2nc(-c3nc4ccccc4n3C)cs2)cc1. The number of nitrogens with one attached hydrogen (secondary N) is 1. The third-order valence-corrected chi connectivity index (χ3v) is 5.05. The van der Waals surface area contributed by atoms with Gasteiger partial charge in [-0.05, 0) is 29.8 Å². The van der Waals surface area contributed by atoms with Crippen LogP contribution in [0.4, 0.5) is 10.8 Å². The normalized spacial score (nSPS) is 11.4. The number of para-hydroxylation sites is 2. The van der Waals surface area contributed by atoms with E-state index in [1.54, 1.807) is 6.21 Å². The van der Waals surface area contributed by atoms with Gasteiger partial charge in [0.1, 0.15) is 5.69 Å². The fourth-order valence-corrected chi connectivity index (χ4v) is 3.46. The monoisotopic (exact) mass is 376 g/mol. The van der Waals surface area contributed by atoms with E-state index < -0.39 is 0 Å². The first kappa shape index (κ1) is 17.2. The van der Waals surface area contributed by atoms with Crippen LogP contribution in [0, 0.1) is 0 Å². The highest BCUT2D eigenvalue weighted by Gasteiger charge is 2.12. The van der Waals surface area contributed by atoms with Crippen molar-refractivity contribution < 1.29 is 0 Å². The lowest BCUT2D eigenvalue weighted by atomic mass is 10.2. The molecule has 6 nitrogen and oxygen atoms in total. The summed E-state index contributed by atoms with van der Waals surface area (Å²) in [5, 5.41) is 7.02. The predicted molar refractivity (Wildman–Crippen MR) is 114 cm³/mol. The standard InChI is InChI=1S/C20H20N6S/c1-25(2)15-10-8-14(9-11-15)12-21-24-20-23-17(13-27-20)19-22-16-6-4-5-7-18(16)26(19)3/h4-13H,1-3H3,(H,23,24)/b21-12-. The Bertz CT molecular complexity index is 1090. The Morgan fingerprint density at radius 1 is 1.07 bits per heavy atom. The summed E-state index contributed by atoms with van der Waals surface area (Å²) in [5.41, 5.74) is 8.09. The molecule has 2 aromatic carbocycles. The van der Waals surface area contributed by atoms with E-state index in [1.807, 2.05) is 56.9 Å². The Labute approximate surface area is 161 Å². The number of hydrogen-bond donors (Lipinski definition) is 1. The minimum Gasteiger partial charge on any atom is -0.378 e. The highest BCUT2D eigenvalue weighted by Crippen LogP contribution is 2.27. The molecule has 7 heteroatoms. The summed E-state index contributed by atoms with van der Waals surface area (Å²) in [5.74, 6) is 0.851. The Morgan fingerprint density at radius 2 is 1.85 bits per heavy atom. The van der Waals surface area contributed by atoms with E-state index in [9.17, 15) is 0 Å². The van der Waals surface area contributed by atoms with Gasteiger partial charge in [-0.1, -0.05) is 24.3 Å². The number of anilines is 2. The lowest BCUT2D eigenvalue weighted by molar-refractivity contribution is 0.953. The molecule has 0 unspecified atom stereocenters. The third-order valence-electron chi connectivity index (χ3n) is 4.30. The second kappa shape index (κ2) is 7.20. The lowest BCUT2D eigenvalue weighted by Crippen LogP contribution is -2.08. The summed E-state index contributed by atoms with van der Waals surface area (Å²) in [6.45, 7) is 0. The molecule has 4 rings (SSSR count). The van der Waals surface area contributed by atoms with Crippen LogP contribution < -0.4 is 10.3 Å². The molecular weight excluding hydrogens is 356 g/mol. The van der Waals surface area contributed by atoms with Gasteiger partial charge in [-0.25, -0.2) is 9.97 Å². The van der Waals surface area contributed by atoms with Gasteiger partial charge in [-0.15, -0.1) is 11.3 Å². The van der Waals surface area contributed by atoms with Gasteiger partial charge in [-0.2, -0.15) is 5.10 Å². The molecule has 2 aromatic heterocycles. The molecule has 0 atom stereocenters. The quantitative estimate of drug-likeness (QED) is 0.419. The van der Waals surface area contributed by atoms with Gasteiger partial charge in [0.15, 0.2) is 5.82 Å². The fraction of sp³-hybridized carbons (Fsp3) is 0.150. The molecule has 27 heavy (non-hydrogen) atoms. The highest BCUT2D eigenvalue weighted by atomic mass is 32.1. The smallest absolute Gasteiger partial charge is 0.203 e. The number of benzene rings is 2. The number of thiazole rings is 1. The molecule has 0 saturated carbocycles. The molecular formula is C20H20N6S. The number of aromatic nitrogens is 3. The van der Waals surface area contributed by atoms with Crippen LogP contribution in [0.2, 0.25) is 0 Å². The third kappa shape index (κ3) is 3.54. The average molecular weight is 376 g/mol. The van der Waals surface area contributed by atoms with E-state index >= 15 is 0 Å². The first-order valence-electron chi connectivity index (χ1n) is 8.55. The summed E-state index contributed by atoms with van der Waals surface area (Å²) < 4.78 is 2.06. The van der Waals surface area contributed by atoms with Crippen molar-refractivity contribution in [3.63, 3.8) is 0 Å². The Hall–Kier alpha value is -3.19.